The number of aliphatic hydroxyl groups excluding tert-OH is 1. The van der Waals surface area contributed by atoms with Gasteiger partial charge in [0, 0.05) is 6.20 Å². The summed E-state index contributed by atoms with van der Waals surface area (Å²) in [5, 5.41) is 8.72. The standard InChI is InChI=1S/C9H11NO/c1-7-3-4-9(10-5-7)8(2)6-11/h3-5,11H,2,6H2,1H3. The number of hydrogen-bond acceptors (Lipinski definition) is 2. The number of aliphatic hydroxyl groups is 1. The molecular weight excluding hydrogens is 138 g/mol. The molecule has 1 rings (SSSR count). The molecule has 0 amide bonds. The van der Waals surface area contributed by atoms with Crippen LogP contribution in [0.25, 0.3) is 5.57 Å². The minimum Gasteiger partial charge on any atom is -0.392 e. The summed E-state index contributed by atoms with van der Waals surface area (Å²) < 4.78 is 0. The van der Waals surface area contributed by atoms with Gasteiger partial charge >= 0.3 is 0 Å². The van der Waals surface area contributed by atoms with Gasteiger partial charge in [0.25, 0.3) is 0 Å². The highest BCUT2D eigenvalue weighted by molar-refractivity contribution is 5.60. The second-order valence-corrected chi connectivity index (χ2v) is 2.48. The summed E-state index contributed by atoms with van der Waals surface area (Å²) >= 11 is 0. The Balaban J connectivity index is 2.90. The van der Waals surface area contributed by atoms with Gasteiger partial charge in [0.1, 0.15) is 0 Å². The van der Waals surface area contributed by atoms with Crippen LogP contribution in [0.1, 0.15) is 11.3 Å². The average Bonchev–Trinajstić information content (AvgIpc) is 2.05. The van der Waals surface area contributed by atoms with E-state index in [1.54, 1.807) is 6.20 Å². The maximum absolute atomic E-state index is 8.72. The highest BCUT2D eigenvalue weighted by Crippen LogP contribution is 2.07. The first-order valence-corrected chi connectivity index (χ1v) is 3.45. The highest BCUT2D eigenvalue weighted by atomic mass is 16.3. The molecule has 0 spiro atoms. The van der Waals surface area contributed by atoms with Gasteiger partial charge in [-0.05, 0) is 24.1 Å². The number of nitrogens with zero attached hydrogens (tertiary/aromatic N) is 1. The zero-order valence-electron chi connectivity index (χ0n) is 6.54. The number of aryl methyl sites for hydroxylation is 1. The molecule has 0 saturated heterocycles. The fourth-order valence-electron chi connectivity index (χ4n) is 0.758. The summed E-state index contributed by atoms with van der Waals surface area (Å²) in [6.45, 7) is 5.60. The van der Waals surface area contributed by atoms with E-state index in [0.717, 1.165) is 11.3 Å². The molecule has 0 fully saturated rings. The fraction of sp³-hybridized carbons (Fsp3) is 0.222. The van der Waals surface area contributed by atoms with E-state index in [0.29, 0.717) is 5.57 Å². The molecule has 0 bridgehead atoms. The third-order valence-corrected chi connectivity index (χ3v) is 1.46. The van der Waals surface area contributed by atoms with E-state index in [-0.39, 0.29) is 6.61 Å². The zero-order chi connectivity index (χ0) is 8.27. The molecule has 2 nitrogen and oxygen atoms in total. The van der Waals surface area contributed by atoms with Gasteiger partial charge in [-0.3, -0.25) is 4.98 Å². The number of aromatic nitrogens is 1. The molecule has 0 aromatic carbocycles. The largest absolute Gasteiger partial charge is 0.392 e. The van der Waals surface area contributed by atoms with E-state index < -0.39 is 0 Å². The Morgan fingerprint density at radius 2 is 2.36 bits per heavy atom. The van der Waals surface area contributed by atoms with Gasteiger partial charge in [0.15, 0.2) is 0 Å². The maximum Gasteiger partial charge on any atom is 0.0697 e. The monoisotopic (exact) mass is 149 g/mol. The van der Waals surface area contributed by atoms with Crippen molar-refractivity contribution in [3.05, 3.63) is 36.2 Å². The van der Waals surface area contributed by atoms with Crippen LogP contribution in [0.4, 0.5) is 0 Å². The van der Waals surface area contributed by atoms with Gasteiger partial charge in [0.2, 0.25) is 0 Å². The Hall–Kier alpha value is -1.15. The Labute approximate surface area is 66.2 Å². The summed E-state index contributed by atoms with van der Waals surface area (Å²) in [5.41, 5.74) is 2.53. The molecule has 0 atom stereocenters. The van der Waals surface area contributed by atoms with Crippen LogP contribution in [0.15, 0.2) is 24.9 Å². The molecule has 1 aromatic rings. The van der Waals surface area contributed by atoms with E-state index in [1.165, 1.54) is 0 Å². The van der Waals surface area contributed by atoms with Crippen molar-refractivity contribution in [1.29, 1.82) is 0 Å². The number of pyridine rings is 1. The second-order valence-electron chi connectivity index (χ2n) is 2.48. The number of rotatable bonds is 2. The predicted molar refractivity (Wildman–Crippen MR) is 45.1 cm³/mol. The molecule has 1 N–H and O–H groups in total. The molecule has 1 aromatic heterocycles. The third kappa shape index (κ3) is 1.88. The SMILES string of the molecule is C=C(CO)c1ccc(C)cn1. The van der Waals surface area contributed by atoms with Crippen molar-refractivity contribution in [3.63, 3.8) is 0 Å². The van der Waals surface area contributed by atoms with Crippen LogP contribution in [0.5, 0.6) is 0 Å². The van der Waals surface area contributed by atoms with Gasteiger partial charge in [-0.2, -0.15) is 0 Å². The average molecular weight is 149 g/mol. The van der Waals surface area contributed by atoms with E-state index >= 15 is 0 Å². The fourth-order valence-corrected chi connectivity index (χ4v) is 0.758. The van der Waals surface area contributed by atoms with Crippen LogP contribution in [0.3, 0.4) is 0 Å². The van der Waals surface area contributed by atoms with Crippen LogP contribution < -0.4 is 0 Å². The lowest BCUT2D eigenvalue weighted by Gasteiger charge is -1.99. The summed E-state index contributed by atoms with van der Waals surface area (Å²) in [4.78, 5) is 4.09. The molecule has 0 unspecified atom stereocenters. The van der Waals surface area contributed by atoms with Crippen molar-refractivity contribution in [1.82, 2.24) is 4.98 Å². The Morgan fingerprint density at radius 1 is 1.64 bits per heavy atom. The lowest BCUT2D eigenvalue weighted by atomic mass is 10.2. The van der Waals surface area contributed by atoms with Gasteiger partial charge in [-0.15, -0.1) is 0 Å². The van der Waals surface area contributed by atoms with Crippen molar-refractivity contribution >= 4 is 5.57 Å². The van der Waals surface area contributed by atoms with Crippen LogP contribution in [-0.2, 0) is 0 Å². The van der Waals surface area contributed by atoms with Gasteiger partial charge in [-0.25, -0.2) is 0 Å². The van der Waals surface area contributed by atoms with E-state index in [9.17, 15) is 0 Å². The minimum atomic E-state index is -0.0317. The molecule has 58 valence electrons. The number of hydrogen-bond donors (Lipinski definition) is 1. The molecule has 2 heteroatoms. The molecule has 11 heavy (non-hydrogen) atoms. The van der Waals surface area contributed by atoms with Crippen LogP contribution in [0, 0.1) is 6.92 Å². The molecule has 0 aliphatic rings. The Morgan fingerprint density at radius 3 is 2.82 bits per heavy atom. The van der Waals surface area contributed by atoms with Gasteiger partial charge < -0.3 is 5.11 Å². The smallest absolute Gasteiger partial charge is 0.0697 e. The molecule has 0 aliphatic carbocycles. The molecule has 0 aliphatic heterocycles. The summed E-state index contributed by atoms with van der Waals surface area (Å²) in [6, 6.07) is 3.80. The summed E-state index contributed by atoms with van der Waals surface area (Å²) in [5.74, 6) is 0. The molecule has 0 radical (unpaired) electrons. The van der Waals surface area contributed by atoms with Crippen LogP contribution in [0.2, 0.25) is 0 Å². The van der Waals surface area contributed by atoms with Gasteiger partial charge in [0.05, 0.1) is 12.3 Å². The first-order chi connectivity index (χ1) is 5.24. The van der Waals surface area contributed by atoms with Crippen molar-refractivity contribution in [2.24, 2.45) is 0 Å². The molecular formula is C9H11NO. The van der Waals surface area contributed by atoms with E-state index in [1.807, 2.05) is 19.1 Å². The Bertz CT molecular complexity index is 251. The lowest BCUT2D eigenvalue weighted by molar-refractivity contribution is 0.350. The third-order valence-electron chi connectivity index (χ3n) is 1.46. The predicted octanol–water partition coefficient (Wildman–Crippen LogP) is 1.40. The van der Waals surface area contributed by atoms with E-state index in [2.05, 4.69) is 11.6 Å². The van der Waals surface area contributed by atoms with Crippen molar-refractivity contribution in [2.45, 2.75) is 6.92 Å². The first-order valence-electron chi connectivity index (χ1n) is 3.45. The quantitative estimate of drug-likeness (QED) is 0.689. The zero-order valence-corrected chi connectivity index (χ0v) is 6.54. The molecule has 1 heterocycles. The Kier molecular flexibility index (Phi) is 2.39. The van der Waals surface area contributed by atoms with Crippen molar-refractivity contribution in [3.8, 4) is 0 Å². The van der Waals surface area contributed by atoms with Crippen molar-refractivity contribution in [2.75, 3.05) is 6.61 Å². The normalized spacial score (nSPS) is 9.64. The summed E-state index contributed by atoms with van der Waals surface area (Å²) in [6.07, 6.45) is 1.76. The minimum absolute atomic E-state index is 0.0317. The van der Waals surface area contributed by atoms with E-state index in [4.69, 9.17) is 5.11 Å². The van der Waals surface area contributed by atoms with Crippen molar-refractivity contribution < 1.29 is 5.11 Å². The van der Waals surface area contributed by atoms with Gasteiger partial charge in [-0.1, -0.05) is 12.6 Å². The highest BCUT2D eigenvalue weighted by Gasteiger charge is 1.96. The maximum atomic E-state index is 8.72. The molecule has 0 saturated carbocycles. The lowest BCUT2D eigenvalue weighted by Crippen LogP contribution is -1.91. The summed E-state index contributed by atoms with van der Waals surface area (Å²) in [7, 11) is 0. The first kappa shape index (κ1) is 7.95. The second kappa shape index (κ2) is 3.30. The van der Waals surface area contributed by atoms with Crippen LogP contribution in [-0.4, -0.2) is 16.7 Å². The topological polar surface area (TPSA) is 33.1 Å². The van der Waals surface area contributed by atoms with Crippen LogP contribution >= 0.6 is 0 Å².